The van der Waals surface area contributed by atoms with Gasteiger partial charge in [0.1, 0.15) is 13.2 Å². The number of hydrogen-bond donors (Lipinski definition) is 0. The number of ether oxygens (including phenoxy) is 1. The maximum absolute atomic E-state index is 12.2. The summed E-state index contributed by atoms with van der Waals surface area (Å²) in [5, 5.41) is 0. The van der Waals surface area contributed by atoms with Gasteiger partial charge in [-0.3, -0.25) is 4.79 Å². The van der Waals surface area contributed by atoms with Gasteiger partial charge in [-0.05, 0) is 32.1 Å². The summed E-state index contributed by atoms with van der Waals surface area (Å²) in [6, 6.07) is 0. The molecule has 0 N–H and O–H groups in total. The zero-order chi connectivity index (χ0) is 28.0. The second kappa shape index (κ2) is 32.2. The molecular formula is C35H72ClNO2. The smallest absolute Gasteiger partial charge is 0.305 e. The van der Waals surface area contributed by atoms with E-state index in [1.54, 1.807) is 0 Å². The summed E-state index contributed by atoms with van der Waals surface area (Å²) in [6.07, 6.45) is 34.4. The molecule has 0 heterocycles. The molecule has 0 aromatic heterocycles. The highest BCUT2D eigenvalue weighted by Gasteiger charge is 2.21. The second-order valence-corrected chi connectivity index (χ2v) is 12.5. The molecule has 0 amide bonds. The van der Waals surface area contributed by atoms with Gasteiger partial charge in [-0.15, -0.1) is 0 Å². The molecule has 0 fully saturated rings. The highest BCUT2D eigenvalue weighted by molar-refractivity contribution is 5.69. The van der Waals surface area contributed by atoms with Gasteiger partial charge in [-0.2, -0.15) is 0 Å². The predicted molar refractivity (Wildman–Crippen MR) is 169 cm³/mol. The Morgan fingerprint density at radius 1 is 0.462 bits per heavy atom. The fourth-order valence-corrected chi connectivity index (χ4v) is 5.62. The summed E-state index contributed by atoms with van der Waals surface area (Å²) in [4.78, 5) is 12.2. The lowest BCUT2D eigenvalue weighted by molar-refractivity contribution is -0.910. The van der Waals surface area contributed by atoms with Crippen molar-refractivity contribution in [2.75, 3.05) is 33.3 Å². The first kappa shape index (κ1) is 40.9. The Hall–Kier alpha value is -0.280. The van der Waals surface area contributed by atoms with Crippen LogP contribution in [0.25, 0.3) is 0 Å². The topological polar surface area (TPSA) is 26.3 Å². The molecule has 0 saturated carbocycles. The standard InChI is InChI=1S/C35H72NO2.ClH/c1-5-8-11-14-16-17-18-19-20-21-22-23-26-29-32-36(4,31-28-25-15-12-9-6-2)33-34-38-35(37)30-27-24-13-10-7-3;/h5-34H2,1-4H3;1H/q+1;/p-1. The van der Waals surface area contributed by atoms with Crippen molar-refractivity contribution in [1.82, 2.24) is 0 Å². The molecule has 0 aliphatic carbocycles. The van der Waals surface area contributed by atoms with Crippen LogP contribution in [0.2, 0.25) is 0 Å². The Morgan fingerprint density at radius 3 is 1.13 bits per heavy atom. The van der Waals surface area contributed by atoms with Crippen LogP contribution >= 0.6 is 0 Å². The number of halogens is 1. The molecule has 0 bridgehead atoms. The van der Waals surface area contributed by atoms with Crippen molar-refractivity contribution in [2.45, 2.75) is 188 Å². The van der Waals surface area contributed by atoms with E-state index in [0.717, 1.165) is 23.9 Å². The van der Waals surface area contributed by atoms with Gasteiger partial charge in [0.2, 0.25) is 0 Å². The number of unbranched alkanes of at least 4 members (excludes halogenated alkanes) is 22. The van der Waals surface area contributed by atoms with E-state index in [1.807, 2.05) is 0 Å². The highest BCUT2D eigenvalue weighted by atomic mass is 35.5. The molecule has 39 heavy (non-hydrogen) atoms. The van der Waals surface area contributed by atoms with Crippen molar-refractivity contribution < 1.29 is 26.4 Å². The molecule has 1 unspecified atom stereocenters. The number of carbonyl (C=O) groups is 1. The lowest BCUT2D eigenvalue weighted by Gasteiger charge is -2.34. The molecule has 0 aliphatic rings. The molecule has 0 radical (unpaired) electrons. The molecule has 0 aromatic carbocycles. The summed E-state index contributed by atoms with van der Waals surface area (Å²) in [6.45, 7) is 10.9. The summed E-state index contributed by atoms with van der Waals surface area (Å²) in [5.41, 5.74) is 0. The molecule has 0 aliphatic heterocycles. The normalized spacial score (nSPS) is 12.7. The number of carbonyl (C=O) groups excluding carboxylic acids is 1. The molecule has 0 rings (SSSR count). The number of hydrogen-bond acceptors (Lipinski definition) is 2. The van der Waals surface area contributed by atoms with Gasteiger partial charge in [-0.25, -0.2) is 0 Å². The van der Waals surface area contributed by atoms with Crippen LogP contribution < -0.4 is 12.4 Å². The summed E-state index contributed by atoms with van der Waals surface area (Å²) in [5.74, 6) is 0.0177. The van der Waals surface area contributed by atoms with E-state index >= 15 is 0 Å². The Balaban J connectivity index is 0. The third-order valence-electron chi connectivity index (χ3n) is 8.48. The first-order valence-corrected chi connectivity index (χ1v) is 17.6. The van der Waals surface area contributed by atoms with Crippen molar-refractivity contribution in [3.63, 3.8) is 0 Å². The highest BCUT2D eigenvalue weighted by Crippen LogP contribution is 2.16. The van der Waals surface area contributed by atoms with Gasteiger partial charge >= 0.3 is 5.97 Å². The van der Waals surface area contributed by atoms with Gasteiger partial charge in [0.25, 0.3) is 0 Å². The molecule has 3 nitrogen and oxygen atoms in total. The van der Waals surface area contributed by atoms with E-state index < -0.39 is 0 Å². The van der Waals surface area contributed by atoms with Crippen LogP contribution in [0.3, 0.4) is 0 Å². The zero-order valence-corrected chi connectivity index (χ0v) is 28.1. The monoisotopic (exact) mass is 574 g/mol. The minimum atomic E-state index is 0. The van der Waals surface area contributed by atoms with E-state index in [-0.39, 0.29) is 18.4 Å². The molecular weight excluding hydrogens is 502 g/mol. The van der Waals surface area contributed by atoms with Crippen LogP contribution in [0.5, 0.6) is 0 Å². The number of quaternary nitrogens is 1. The Labute approximate surface area is 253 Å². The lowest BCUT2D eigenvalue weighted by Crippen LogP contribution is -3.00. The number of rotatable bonds is 31. The largest absolute Gasteiger partial charge is 1.00 e. The SMILES string of the molecule is CCCCCCCCCCCCCCCC[N+](C)(CCCCCCCC)CCOC(=O)CCCCCCC.[Cl-]. The van der Waals surface area contributed by atoms with E-state index in [9.17, 15) is 4.79 Å². The Bertz CT molecular complexity index is 487. The average molecular weight is 574 g/mol. The molecule has 0 spiro atoms. The van der Waals surface area contributed by atoms with Crippen LogP contribution in [0.1, 0.15) is 188 Å². The minimum absolute atomic E-state index is 0. The van der Waals surface area contributed by atoms with Crippen molar-refractivity contribution in [3.8, 4) is 0 Å². The van der Waals surface area contributed by atoms with Crippen molar-refractivity contribution in [1.29, 1.82) is 0 Å². The third kappa shape index (κ3) is 30.5. The van der Waals surface area contributed by atoms with Crippen molar-refractivity contribution >= 4 is 5.97 Å². The first-order valence-electron chi connectivity index (χ1n) is 17.6. The summed E-state index contributed by atoms with van der Waals surface area (Å²) < 4.78 is 6.75. The van der Waals surface area contributed by atoms with Crippen LogP contribution in [0.15, 0.2) is 0 Å². The molecule has 236 valence electrons. The fraction of sp³-hybridized carbons (Fsp3) is 0.971. The number of nitrogens with zero attached hydrogens (tertiary/aromatic N) is 1. The fourth-order valence-electron chi connectivity index (χ4n) is 5.62. The molecule has 0 aromatic rings. The van der Waals surface area contributed by atoms with Gasteiger partial charge in [0, 0.05) is 6.42 Å². The lowest BCUT2D eigenvalue weighted by atomic mass is 10.0. The maximum Gasteiger partial charge on any atom is 0.305 e. The Morgan fingerprint density at radius 2 is 0.769 bits per heavy atom. The van der Waals surface area contributed by atoms with Crippen molar-refractivity contribution in [3.05, 3.63) is 0 Å². The summed E-state index contributed by atoms with van der Waals surface area (Å²) in [7, 11) is 2.41. The summed E-state index contributed by atoms with van der Waals surface area (Å²) >= 11 is 0. The molecule has 1 atom stereocenters. The third-order valence-corrected chi connectivity index (χ3v) is 8.48. The van der Waals surface area contributed by atoms with Crippen LogP contribution in [0.4, 0.5) is 0 Å². The van der Waals surface area contributed by atoms with E-state index in [1.165, 1.54) is 161 Å². The van der Waals surface area contributed by atoms with Gasteiger partial charge < -0.3 is 21.6 Å². The molecule has 4 heteroatoms. The van der Waals surface area contributed by atoms with Gasteiger partial charge in [0.15, 0.2) is 0 Å². The molecule has 0 saturated heterocycles. The van der Waals surface area contributed by atoms with E-state index in [4.69, 9.17) is 4.74 Å². The van der Waals surface area contributed by atoms with Crippen LogP contribution in [-0.2, 0) is 9.53 Å². The quantitative estimate of drug-likeness (QED) is 0.0474. The second-order valence-electron chi connectivity index (χ2n) is 12.5. The Kier molecular flexibility index (Phi) is 33.8. The maximum atomic E-state index is 12.2. The minimum Gasteiger partial charge on any atom is -1.00 e. The van der Waals surface area contributed by atoms with Crippen LogP contribution in [0, 0.1) is 0 Å². The van der Waals surface area contributed by atoms with Crippen molar-refractivity contribution in [2.24, 2.45) is 0 Å². The van der Waals surface area contributed by atoms with Crippen LogP contribution in [-0.4, -0.2) is 43.7 Å². The zero-order valence-electron chi connectivity index (χ0n) is 27.4. The van der Waals surface area contributed by atoms with E-state index in [0.29, 0.717) is 13.0 Å². The average Bonchev–Trinajstić information content (AvgIpc) is 2.91. The van der Waals surface area contributed by atoms with Gasteiger partial charge in [-0.1, -0.05) is 149 Å². The predicted octanol–water partition coefficient (Wildman–Crippen LogP) is 8.18. The first-order chi connectivity index (χ1) is 18.6. The van der Waals surface area contributed by atoms with E-state index in [2.05, 4.69) is 27.8 Å². The van der Waals surface area contributed by atoms with Gasteiger partial charge in [0.05, 0.1) is 20.1 Å². The number of esters is 1. The number of likely N-dealkylation sites (N-methyl/N-ethyl adjacent to an activating group) is 1.